The van der Waals surface area contributed by atoms with Crippen molar-refractivity contribution in [2.45, 2.75) is 50.5 Å². The number of nitrogens with one attached hydrogen (secondary N) is 1. The van der Waals surface area contributed by atoms with Crippen molar-refractivity contribution in [3.05, 3.63) is 23.8 Å². The van der Waals surface area contributed by atoms with Crippen LogP contribution in [-0.2, 0) is 10.0 Å². The largest absolute Gasteiger partial charge is 0.350 e. The molecule has 2 aromatic rings. The molecule has 1 saturated heterocycles. The highest BCUT2D eigenvalue weighted by Crippen LogP contribution is 2.35. The van der Waals surface area contributed by atoms with E-state index in [1.807, 2.05) is 0 Å². The van der Waals surface area contributed by atoms with Crippen molar-refractivity contribution in [1.82, 2.24) is 18.9 Å². The van der Waals surface area contributed by atoms with Crippen molar-refractivity contribution in [1.29, 1.82) is 0 Å². The standard InChI is InChI=1S/C17H24FN5O2S/c1-26(24,25)22-8-6-13(7-9-22)20-17-19-11-16-14(18)10-15(23(16)21-17)12-4-2-3-5-12/h10-13H,2-9H2,1H3,(H,20,21). The lowest BCUT2D eigenvalue weighted by molar-refractivity contribution is 0.331. The lowest BCUT2D eigenvalue weighted by Crippen LogP contribution is -2.42. The maximum Gasteiger partial charge on any atom is 0.241 e. The Bertz CT molecular complexity index is 899. The molecule has 1 saturated carbocycles. The van der Waals surface area contributed by atoms with Gasteiger partial charge >= 0.3 is 0 Å². The SMILES string of the molecule is CS(=O)(=O)N1CCC(Nc2ncc3c(F)cc(C4CCCC4)n3n2)CC1. The Hall–Kier alpha value is -1.74. The summed E-state index contributed by atoms with van der Waals surface area (Å²) in [6.45, 7) is 0.981. The number of piperidine rings is 1. The van der Waals surface area contributed by atoms with Crippen LogP contribution in [0.25, 0.3) is 5.52 Å². The zero-order valence-electron chi connectivity index (χ0n) is 14.9. The predicted molar refractivity (Wildman–Crippen MR) is 97.2 cm³/mol. The maximum atomic E-state index is 14.2. The topological polar surface area (TPSA) is 79.6 Å². The molecule has 0 radical (unpaired) electrons. The molecule has 0 unspecified atom stereocenters. The van der Waals surface area contributed by atoms with Gasteiger partial charge in [-0.1, -0.05) is 12.8 Å². The highest BCUT2D eigenvalue weighted by atomic mass is 32.2. The summed E-state index contributed by atoms with van der Waals surface area (Å²) >= 11 is 0. The molecule has 4 rings (SSSR count). The average Bonchev–Trinajstić information content (AvgIpc) is 3.23. The minimum atomic E-state index is -3.13. The third-order valence-electron chi connectivity index (χ3n) is 5.53. The Labute approximate surface area is 152 Å². The molecule has 2 aromatic heterocycles. The Morgan fingerprint density at radius 2 is 1.88 bits per heavy atom. The van der Waals surface area contributed by atoms with Gasteiger partial charge in [0.2, 0.25) is 16.0 Å². The van der Waals surface area contributed by atoms with Gasteiger partial charge in [0.1, 0.15) is 5.52 Å². The summed E-state index contributed by atoms with van der Waals surface area (Å²) in [5, 5.41) is 7.81. The highest BCUT2D eigenvalue weighted by molar-refractivity contribution is 7.88. The van der Waals surface area contributed by atoms with Gasteiger partial charge in [-0.3, -0.25) is 0 Å². The van der Waals surface area contributed by atoms with Crippen LogP contribution in [0, 0.1) is 5.82 Å². The van der Waals surface area contributed by atoms with Crippen molar-refractivity contribution in [2.75, 3.05) is 24.7 Å². The first kappa shape index (κ1) is 17.7. The zero-order chi connectivity index (χ0) is 18.3. The van der Waals surface area contributed by atoms with Crippen LogP contribution in [-0.4, -0.2) is 52.7 Å². The Morgan fingerprint density at radius 1 is 1.19 bits per heavy atom. The van der Waals surface area contributed by atoms with Crippen molar-refractivity contribution >= 4 is 21.5 Å². The van der Waals surface area contributed by atoms with Crippen LogP contribution in [0.1, 0.15) is 50.1 Å². The predicted octanol–water partition coefficient (Wildman–Crippen LogP) is 2.36. The number of fused-ring (bicyclic) bond motifs is 1. The van der Waals surface area contributed by atoms with Crippen molar-refractivity contribution in [3.63, 3.8) is 0 Å². The van der Waals surface area contributed by atoms with E-state index in [1.54, 1.807) is 10.6 Å². The van der Waals surface area contributed by atoms with Gasteiger partial charge in [0.25, 0.3) is 0 Å². The first-order valence-corrected chi connectivity index (χ1v) is 11.0. The minimum Gasteiger partial charge on any atom is -0.350 e. The first-order valence-electron chi connectivity index (χ1n) is 9.17. The Kier molecular flexibility index (Phi) is 4.60. The Morgan fingerprint density at radius 3 is 2.54 bits per heavy atom. The van der Waals surface area contributed by atoms with Gasteiger partial charge < -0.3 is 5.32 Å². The first-order chi connectivity index (χ1) is 12.4. The molecule has 0 atom stereocenters. The summed E-state index contributed by atoms with van der Waals surface area (Å²) in [6, 6.07) is 1.70. The summed E-state index contributed by atoms with van der Waals surface area (Å²) in [4.78, 5) is 4.25. The van der Waals surface area contributed by atoms with Crippen LogP contribution in [0.3, 0.4) is 0 Å². The summed E-state index contributed by atoms with van der Waals surface area (Å²) in [6.07, 6.45) is 8.65. The second-order valence-corrected chi connectivity index (χ2v) is 9.34. The molecule has 2 aliphatic rings. The van der Waals surface area contributed by atoms with Gasteiger partial charge in [-0.15, -0.1) is 5.10 Å². The molecule has 7 nitrogen and oxygen atoms in total. The fraction of sp³-hybridized carbons (Fsp3) is 0.647. The fourth-order valence-electron chi connectivity index (χ4n) is 4.07. The number of hydrogen-bond acceptors (Lipinski definition) is 5. The molecule has 1 aliphatic carbocycles. The van der Waals surface area contributed by atoms with Crippen LogP contribution in [0.15, 0.2) is 12.3 Å². The Balaban J connectivity index is 1.52. The van der Waals surface area contributed by atoms with E-state index in [-0.39, 0.29) is 11.9 Å². The quantitative estimate of drug-likeness (QED) is 0.879. The van der Waals surface area contributed by atoms with Crippen LogP contribution in [0.4, 0.5) is 10.3 Å². The van der Waals surface area contributed by atoms with Crippen LogP contribution in [0.2, 0.25) is 0 Å². The molecule has 26 heavy (non-hydrogen) atoms. The number of aromatic nitrogens is 3. The molecule has 0 bridgehead atoms. The molecule has 1 aliphatic heterocycles. The second kappa shape index (κ2) is 6.77. The van der Waals surface area contributed by atoms with Gasteiger partial charge in [-0.05, 0) is 31.7 Å². The molecule has 3 heterocycles. The molecule has 142 valence electrons. The third kappa shape index (κ3) is 3.42. The smallest absolute Gasteiger partial charge is 0.241 e. The summed E-state index contributed by atoms with van der Waals surface area (Å²) in [5.41, 5.74) is 1.33. The third-order valence-corrected chi connectivity index (χ3v) is 6.83. The molecular weight excluding hydrogens is 357 g/mol. The van der Waals surface area contributed by atoms with Crippen molar-refractivity contribution in [2.24, 2.45) is 0 Å². The van der Waals surface area contributed by atoms with E-state index < -0.39 is 10.0 Å². The maximum absolute atomic E-state index is 14.2. The van der Waals surface area contributed by atoms with Gasteiger partial charge in [-0.25, -0.2) is 26.6 Å². The summed E-state index contributed by atoms with van der Waals surface area (Å²) in [5.74, 6) is 0.540. The lowest BCUT2D eigenvalue weighted by atomic mass is 10.1. The van der Waals surface area contributed by atoms with E-state index >= 15 is 0 Å². The van der Waals surface area contributed by atoms with Crippen LogP contribution < -0.4 is 5.32 Å². The van der Waals surface area contributed by atoms with E-state index in [0.29, 0.717) is 43.3 Å². The van der Waals surface area contributed by atoms with E-state index in [9.17, 15) is 12.8 Å². The fourth-order valence-corrected chi connectivity index (χ4v) is 4.94. The summed E-state index contributed by atoms with van der Waals surface area (Å²) < 4.78 is 40.6. The van der Waals surface area contributed by atoms with Gasteiger partial charge in [0.05, 0.1) is 12.5 Å². The van der Waals surface area contributed by atoms with Gasteiger partial charge in [0, 0.05) is 30.7 Å². The molecule has 0 spiro atoms. The van der Waals surface area contributed by atoms with Crippen LogP contribution >= 0.6 is 0 Å². The van der Waals surface area contributed by atoms with Crippen molar-refractivity contribution < 1.29 is 12.8 Å². The zero-order valence-corrected chi connectivity index (χ0v) is 15.7. The molecule has 2 fully saturated rings. The number of nitrogens with zero attached hydrogens (tertiary/aromatic N) is 4. The second-order valence-electron chi connectivity index (χ2n) is 7.36. The van der Waals surface area contributed by atoms with E-state index in [1.165, 1.54) is 29.6 Å². The van der Waals surface area contributed by atoms with Crippen molar-refractivity contribution in [3.8, 4) is 0 Å². The number of sulfonamides is 1. The monoisotopic (exact) mass is 381 g/mol. The average molecular weight is 381 g/mol. The lowest BCUT2D eigenvalue weighted by Gasteiger charge is -2.30. The van der Waals surface area contributed by atoms with E-state index in [4.69, 9.17) is 0 Å². The van der Waals surface area contributed by atoms with Gasteiger partial charge in [0.15, 0.2) is 5.82 Å². The number of anilines is 1. The summed E-state index contributed by atoms with van der Waals surface area (Å²) in [7, 11) is -3.13. The van der Waals surface area contributed by atoms with E-state index in [0.717, 1.165) is 18.5 Å². The molecule has 0 aromatic carbocycles. The number of hydrogen-bond donors (Lipinski definition) is 1. The molecule has 0 amide bonds. The minimum absolute atomic E-state index is 0.112. The highest BCUT2D eigenvalue weighted by Gasteiger charge is 2.26. The van der Waals surface area contributed by atoms with E-state index in [2.05, 4.69) is 15.4 Å². The number of halogens is 1. The molecule has 1 N–H and O–H groups in total. The van der Waals surface area contributed by atoms with Crippen LogP contribution in [0.5, 0.6) is 0 Å². The normalized spacial score (nSPS) is 20.8. The molecule has 9 heteroatoms. The van der Waals surface area contributed by atoms with Gasteiger partial charge in [-0.2, -0.15) is 0 Å². The number of rotatable bonds is 4. The molecular formula is C17H24FN5O2S.